The molecule has 0 bridgehead atoms. The quantitative estimate of drug-likeness (QED) is 0.407. The van der Waals surface area contributed by atoms with E-state index in [4.69, 9.17) is 14.6 Å². The Kier molecular flexibility index (Phi) is 10.8. The first-order chi connectivity index (χ1) is 9.50. The summed E-state index contributed by atoms with van der Waals surface area (Å²) in [5, 5.41) is 8.86. The summed E-state index contributed by atoms with van der Waals surface area (Å²) in [6.07, 6.45) is 9.15. The van der Waals surface area contributed by atoms with Crippen molar-refractivity contribution in [1.82, 2.24) is 0 Å². The van der Waals surface area contributed by atoms with Gasteiger partial charge in [-0.3, -0.25) is 4.79 Å². The number of carbonyl (C=O) groups is 1. The van der Waals surface area contributed by atoms with Gasteiger partial charge in [-0.2, -0.15) is 0 Å². The van der Waals surface area contributed by atoms with Crippen molar-refractivity contribution in [3.05, 3.63) is 0 Å². The lowest BCUT2D eigenvalue weighted by atomic mass is 9.88. The Hall–Kier alpha value is -0.610. The van der Waals surface area contributed by atoms with E-state index in [0.717, 1.165) is 12.8 Å². The molecule has 0 aliphatic heterocycles. The smallest absolute Gasteiger partial charge is 0.303 e. The van der Waals surface area contributed by atoms with Gasteiger partial charge in [0, 0.05) is 26.6 Å². The number of carboxylic acid groups (broad SMARTS) is 1. The van der Waals surface area contributed by atoms with Gasteiger partial charge in [-0.15, -0.1) is 0 Å². The van der Waals surface area contributed by atoms with Crippen molar-refractivity contribution in [1.29, 1.82) is 0 Å². The average Bonchev–Trinajstić information content (AvgIpc) is 2.44. The van der Waals surface area contributed by atoms with Crippen LogP contribution in [0.15, 0.2) is 0 Å². The van der Waals surface area contributed by atoms with E-state index in [1.54, 1.807) is 14.2 Å². The molecule has 1 unspecified atom stereocenters. The second kappa shape index (κ2) is 11.1. The van der Waals surface area contributed by atoms with E-state index in [9.17, 15) is 4.79 Å². The maximum Gasteiger partial charge on any atom is 0.303 e. The largest absolute Gasteiger partial charge is 0.481 e. The molecule has 0 aliphatic rings. The van der Waals surface area contributed by atoms with Gasteiger partial charge in [0.25, 0.3) is 0 Å². The van der Waals surface area contributed by atoms with Crippen molar-refractivity contribution < 1.29 is 19.4 Å². The zero-order chi connectivity index (χ0) is 15.4. The second-order valence-corrected chi connectivity index (χ2v) is 5.61. The van der Waals surface area contributed by atoms with Crippen molar-refractivity contribution in [2.45, 2.75) is 77.4 Å². The Morgan fingerprint density at radius 1 is 1.05 bits per heavy atom. The maximum atomic E-state index is 10.8. The zero-order valence-corrected chi connectivity index (χ0v) is 13.6. The minimum atomic E-state index is -0.757. The number of hydrogen-bond acceptors (Lipinski definition) is 3. The van der Waals surface area contributed by atoms with Crippen LogP contribution in [0, 0.1) is 5.92 Å². The third-order valence-corrected chi connectivity index (χ3v) is 4.17. The van der Waals surface area contributed by atoms with Crippen molar-refractivity contribution in [2.75, 3.05) is 14.2 Å². The summed E-state index contributed by atoms with van der Waals surface area (Å²) in [5.74, 6) is -1.31. The number of methoxy groups -OCH3 is 2. The van der Waals surface area contributed by atoms with Crippen LogP contribution in [0.25, 0.3) is 0 Å². The minimum absolute atomic E-state index is 0.125. The fraction of sp³-hybridized carbons (Fsp3) is 0.938. The highest BCUT2D eigenvalue weighted by Crippen LogP contribution is 2.31. The second-order valence-electron chi connectivity index (χ2n) is 5.61. The first-order valence-corrected chi connectivity index (χ1v) is 7.82. The number of aliphatic carboxylic acids is 1. The molecule has 0 aliphatic carbocycles. The molecule has 0 heterocycles. The first kappa shape index (κ1) is 19.4. The summed E-state index contributed by atoms with van der Waals surface area (Å²) in [5.41, 5.74) is 0. The summed E-state index contributed by atoms with van der Waals surface area (Å²) in [6.45, 7) is 4.11. The maximum absolute atomic E-state index is 10.8. The molecule has 0 saturated heterocycles. The highest BCUT2D eigenvalue weighted by molar-refractivity contribution is 5.66. The molecule has 4 nitrogen and oxygen atoms in total. The average molecular weight is 288 g/mol. The lowest BCUT2D eigenvalue weighted by Gasteiger charge is -2.35. The third kappa shape index (κ3) is 7.85. The predicted octanol–water partition coefficient (Wildman–Crippen LogP) is 4.23. The Bertz CT molecular complexity index is 249. The van der Waals surface area contributed by atoms with Crippen molar-refractivity contribution in [2.24, 2.45) is 5.92 Å². The van der Waals surface area contributed by atoms with Crippen LogP contribution in [0.3, 0.4) is 0 Å². The van der Waals surface area contributed by atoms with Gasteiger partial charge >= 0.3 is 5.97 Å². The zero-order valence-electron chi connectivity index (χ0n) is 13.6. The topological polar surface area (TPSA) is 55.8 Å². The summed E-state index contributed by atoms with van der Waals surface area (Å²) < 4.78 is 10.9. The van der Waals surface area contributed by atoms with Crippen LogP contribution in [-0.4, -0.2) is 31.1 Å². The minimum Gasteiger partial charge on any atom is -0.481 e. The highest BCUT2D eigenvalue weighted by Gasteiger charge is 2.33. The fourth-order valence-electron chi connectivity index (χ4n) is 2.55. The molecule has 1 atom stereocenters. The first-order valence-electron chi connectivity index (χ1n) is 7.82. The van der Waals surface area contributed by atoms with Crippen LogP contribution in [-0.2, 0) is 14.3 Å². The number of ether oxygens (including phenoxy) is 2. The Morgan fingerprint density at radius 2 is 1.60 bits per heavy atom. The Balaban J connectivity index is 4.21. The molecule has 0 rings (SSSR count). The van der Waals surface area contributed by atoms with Crippen LogP contribution in [0.2, 0.25) is 0 Å². The van der Waals surface area contributed by atoms with E-state index < -0.39 is 11.8 Å². The van der Waals surface area contributed by atoms with Gasteiger partial charge < -0.3 is 14.6 Å². The van der Waals surface area contributed by atoms with Crippen LogP contribution < -0.4 is 0 Å². The van der Waals surface area contributed by atoms with E-state index in [0.29, 0.717) is 6.42 Å². The van der Waals surface area contributed by atoms with Gasteiger partial charge in [-0.1, -0.05) is 45.4 Å². The molecule has 4 heteroatoms. The van der Waals surface area contributed by atoms with Gasteiger partial charge in [0.15, 0.2) is 5.79 Å². The van der Waals surface area contributed by atoms with E-state index in [-0.39, 0.29) is 12.3 Å². The molecule has 0 aromatic rings. The van der Waals surface area contributed by atoms with E-state index >= 15 is 0 Å². The Labute approximate surface area is 123 Å². The van der Waals surface area contributed by atoms with Gasteiger partial charge in [0.1, 0.15) is 0 Å². The highest BCUT2D eigenvalue weighted by atomic mass is 16.7. The summed E-state index contributed by atoms with van der Waals surface area (Å²) in [4.78, 5) is 10.8. The van der Waals surface area contributed by atoms with Crippen molar-refractivity contribution in [3.8, 4) is 0 Å². The van der Waals surface area contributed by atoms with E-state index in [2.05, 4.69) is 6.92 Å². The van der Waals surface area contributed by atoms with Crippen LogP contribution in [0.1, 0.15) is 71.6 Å². The molecule has 0 fully saturated rings. The lowest BCUT2D eigenvalue weighted by Crippen LogP contribution is -2.39. The molecule has 20 heavy (non-hydrogen) atoms. The monoisotopic (exact) mass is 288 g/mol. The molecule has 0 saturated carbocycles. The molecule has 1 N–H and O–H groups in total. The summed E-state index contributed by atoms with van der Waals surface area (Å²) in [7, 11) is 3.25. The van der Waals surface area contributed by atoms with Gasteiger partial charge in [0.2, 0.25) is 0 Å². The predicted molar refractivity (Wildman–Crippen MR) is 80.8 cm³/mol. The van der Waals surface area contributed by atoms with Crippen molar-refractivity contribution >= 4 is 5.97 Å². The van der Waals surface area contributed by atoms with Crippen molar-refractivity contribution in [3.63, 3.8) is 0 Å². The molecule has 0 spiro atoms. The van der Waals surface area contributed by atoms with Gasteiger partial charge in [-0.05, 0) is 19.8 Å². The van der Waals surface area contributed by atoms with Gasteiger partial charge in [-0.25, -0.2) is 0 Å². The molecule has 0 radical (unpaired) electrons. The lowest BCUT2D eigenvalue weighted by molar-refractivity contribution is -0.230. The van der Waals surface area contributed by atoms with Crippen LogP contribution >= 0.6 is 0 Å². The van der Waals surface area contributed by atoms with Gasteiger partial charge in [0.05, 0.1) is 0 Å². The summed E-state index contributed by atoms with van der Waals surface area (Å²) in [6, 6.07) is 0. The fourth-order valence-corrected chi connectivity index (χ4v) is 2.55. The van der Waals surface area contributed by atoms with E-state index in [1.165, 1.54) is 32.1 Å². The SMILES string of the molecule is CCCCCCCCC(CCC(=O)O)C(C)(OC)OC. The molecule has 0 amide bonds. The van der Waals surface area contributed by atoms with Crippen LogP contribution in [0.5, 0.6) is 0 Å². The number of rotatable bonds is 13. The van der Waals surface area contributed by atoms with E-state index in [1.807, 2.05) is 6.92 Å². The number of unbranched alkanes of at least 4 members (excludes halogenated alkanes) is 5. The molecule has 0 aromatic carbocycles. The standard InChI is InChI=1S/C16H32O4/c1-5-6-7-8-9-10-11-14(12-13-15(17)18)16(2,19-3)20-4/h14H,5-13H2,1-4H3,(H,17,18). The molecular formula is C16H32O4. The summed E-state index contributed by atoms with van der Waals surface area (Å²) >= 11 is 0. The molecule has 120 valence electrons. The number of hydrogen-bond donors (Lipinski definition) is 1. The molecule has 0 aromatic heterocycles. The van der Waals surface area contributed by atoms with Crippen LogP contribution in [0.4, 0.5) is 0 Å². The Morgan fingerprint density at radius 3 is 2.10 bits per heavy atom. The number of carboxylic acids is 1. The third-order valence-electron chi connectivity index (χ3n) is 4.17. The molecular weight excluding hydrogens is 256 g/mol. The normalized spacial score (nSPS) is 13.4.